The fraction of sp³-hybridized carbons (Fsp3) is 0.500. The van der Waals surface area contributed by atoms with Crippen molar-refractivity contribution in [2.24, 2.45) is 0 Å². The highest BCUT2D eigenvalue weighted by atomic mass is 32.1. The minimum Gasteiger partial charge on any atom is -0.372 e. The summed E-state index contributed by atoms with van der Waals surface area (Å²) in [6.07, 6.45) is 8.28. The maximum atomic E-state index is 5.33. The number of hydrogen-bond donors (Lipinski definition) is 1. The van der Waals surface area contributed by atoms with E-state index in [0.29, 0.717) is 6.04 Å². The smallest absolute Gasteiger partial charge is 0.125 e. The van der Waals surface area contributed by atoms with Gasteiger partial charge in [0.2, 0.25) is 0 Å². The van der Waals surface area contributed by atoms with Crippen LogP contribution in [0.1, 0.15) is 37.8 Å². The van der Waals surface area contributed by atoms with Crippen LogP contribution in [-0.4, -0.2) is 16.0 Å². The Kier molecular flexibility index (Phi) is 3.67. The second kappa shape index (κ2) is 5.21. The van der Waals surface area contributed by atoms with Gasteiger partial charge < -0.3 is 5.32 Å². The molecule has 0 amide bonds. The maximum Gasteiger partial charge on any atom is 0.125 e. The second-order valence-electron chi connectivity index (χ2n) is 4.02. The van der Waals surface area contributed by atoms with Gasteiger partial charge in [-0.3, -0.25) is 4.98 Å². The molecular formula is C12H16N2S. The number of hydrogen-bond acceptors (Lipinski definition) is 2. The van der Waals surface area contributed by atoms with Gasteiger partial charge in [-0.25, -0.2) is 0 Å². The normalized spacial score (nSPS) is 17.3. The van der Waals surface area contributed by atoms with E-state index in [2.05, 4.69) is 10.3 Å². The van der Waals surface area contributed by atoms with Crippen LogP contribution >= 0.6 is 12.2 Å². The van der Waals surface area contributed by atoms with E-state index in [0.717, 1.165) is 10.7 Å². The summed E-state index contributed by atoms with van der Waals surface area (Å²) >= 11 is 5.33. The van der Waals surface area contributed by atoms with Crippen LogP contribution in [0.15, 0.2) is 24.4 Å². The lowest BCUT2D eigenvalue weighted by atomic mass is 9.95. The Morgan fingerprint density at radius 1 is 1.27 bits per heavy atom. The molecule has 1 fully saturated rings. The number of nitrogens with zero attached hydrogens (tertiary/aromatic N) is 1. The van der Waals surface area contributed by atoms with Gasteiger partial charge >= 0.3 is 0 Å². The van der Waals surface area contributed by atoms with Crippen molar-refractivity contribution in [1.29, 1.82) is 0 Å². The van der Waals surface area contributed by atoms with E-state index < -0.39 is 0 Å². The Labute approximate surface area is 96.1 Å². The lowest BCUT2D eigenvalue weighted by Gasteiger charge is -2.23. The van der Waals surface area contributed by atoms with Crippen LogP contribution in [0.2, 0.25) is 0 Å². The first kappa shape index (κ1) is 10.6. The summed E-state index contributed by atoms with van der Waals surface area (Å²) in [6, 6.07) is 6.40. The van der Waals surface area contributed by atoms with Crippen molar-refractivity contribution in [3.63, 3.8) is 0 Å². The molecule has 2 rings (SSSR count). The molecule has 0 radical (unpaired) electrons. The van der Waals surface area contributed by atoms with Crippen molar-refractivity contribution in [1.82, 2.24) is 10.3 Å². The molecule has 3 heteroatoms. The highest BCUT2D eigenvalue weighted by molar-refractivity contribution is 7.80. The van der Waals surface area contributed by atoms with Crippen LogP contribution in [-0.2, 0) is 0 Å². The molecule has 2 nitrogen and oxygen atoms in total. The van der Waals surface area contributed by atoms with E-state index in [4.69, 9.17) is 12.2 Å². The predicted molar refractivity (Wildman–Crippen MR) is 65.9 cm³/mol. The molecule has 1 heterocycles. The van der Waals surface area contributed by atoms with E-state index in [9.17, 15) is 0 Å². The van der Waals surface area contributed by atoms with Crippen molar-refractivity contribution >= 4 is 17.2 Å². The fourth-order valence-electron chi connectivity index (χ4n) is 2.00. The van der Waals surface area contributed by atoms with Gasteiger partial charge in [0.1, 0.15) is 4.99 Å². The molecule has 0 bridgehead atoms. The Morgan fingerprint density at radius 2 is 2.07 bits per heavy atom. The summed E-state index contributed by atoms with van der Waals surface area (Å²) in [5, 5.41) is 3.40. The molecule has 80 valence electrons. The van der Waals surface area contributed by atoms with Gasteiger partial charge in [-0.15, -0.1) is 0 Å². The van der Waals surface area contributed by atoms with Crippen molar-refractivity contribution < 1.29 is 0 Å². The zero-order valence-electron chi connectivity index (χ0n) is 8.78. The lowest BCUT2D eigenvalue weighted by Crippen LogP contribution is -2.35. The molecule has 0 saturated heterocycles. The number of rotatable bonds is 2. The molecule has 1 aromatic rings. The summed E-state index contributed by atoms with van der Waals surface area (Å²) in [7, 11) is 0. The zero-order valence-corrected chi connectivity index (χ0v) is 9.59. The Hall–Kier alpha value is -0.960. The van der Waals surface area contributed by atoms with E-state index in [-0.39, 0.29) is 0 Å². The highest BCUT2D eigenvalue weighted by Crippen LogP contribution is 2.17. The first-order valence-corrected chi connectivity index (χ1v) is 5.99. The standard InChI is InChI=1S/C12H16N2S/c15-12(11-8-4-5-9-13-11)14-10-6-2-1-3-7-10/h4-5,8-10H,1-3,6-7H2,(H,14,15). The summed E-state index contributed by atoms with van der Waals surface area (Å²) in [4.78, 5) is 5.03. The van der Waals surface area contributed by atoms with Gasteiger partial charge in [0.25, 0.3) is 0 Å². The van der Waals surface area contributed by atoms with Crippen molar-refractivity contribution in [3.8, 4) is 0 Å². The lowest BCUT2D eigenvalue weighted by molar-refractivity contribution is 0.415. The van der Waals surface area contributed by atoms with Gasteiger partial charge in [0.05, 0.1) is 5.69 Å². The van der Waals surface area contributed by atoms with Crippen molar-refractivity contribution in [2.75, 3.05) is 0 Å². The van der Waals surface area contributed by atoms with Gasteiger partial charge in [-0.1, -0.05) is 37.5 Å². The van der Waals surface area contributed by atoms with Crippen LogP contribution < -0.4 is 5.32 Å². The predicted octanol–water partition coefficient (Wildman–Crippen LogP) is 2.68. The quantitative estimate of drug-likeness (QED) is 0.776. The minimum atomic E-state index is 0.563. The largest absolute Gasteiger partial charge is 0.372 e. The number of nitrogens with one attached hydrogen (secondary N) is 1. The Morgan fingerprint density at radius 3 is 2.73 bits per heavy atom. The fourth-order valence-corrected chi connectivity index (χ4v) is 2.29. The van der Waals surface area contributed by atoms with Crippen LogP contribution in [0.4, 0.5) is 0 Å². The van der Waals surface area contributed by atoms with Crippen LogP contribution in [0.5, 0.6) is 0 Å². The van der Waals surface area contributed by atoms with Gasteiger partial charge in [-0.05, 0) is 25.0 Å². The van der Waals surface area contributed by atoms with Gasteiger partial charge in [-0.2, -0.15) is 0 Å². The molecule has 1 N–H and O–H groups in total. The van der Waals surface area contributed by atoms with E-state index >= 15 is 0 Å². The van der Waals surface area contributed by atoms with E-state index in [1.807, 2.05) is 18.2 Å². The summed E-state index contributed by atoms with van der Waals surface area (Å²) in [6.45, 7) is 0. The molecule has 0 atom stereocenters. The zero-order chi connectivity index (χ0) is 10.5. The third-order valence-corrected chi connectivity index (χ3v) is 3.16. The molecule has 0 aliphatic heterocycles. The molecule has 1 aliphatic carbocycles. The number of pyridine rings is 1. The monoisotopic (exact) mass is 220 g/mol. The van der Waals surface area contributed by atoms with Gasteiger partial charge in [0.15, 0.2) is 0 Å². The molecule has 0 aromatic carbocycles. The summed E-state index contributed by atoms with van der Waals surface area (Å²) in [5.41, 5.74) is 0.887. The maximum absolute atomic E-state index is 5.33. The average Bonchev–Trinajstić information content (AvgIpc) is 2.31. The Balaban J connectivity index is 1.91. The van der Waals surface area contributed by atoms with E-state index in [1.54, 1.807) is 6.20 Å². The van der Waals surface area contributed by atoms with Crippen molar-refractivity contribution in [3.05, 3.63) is 30.1 Å². The molecule has 0 spiro atoms. The molecular weight excluding hydrogens is 204 g/mol. The highest BCUT2D eigenvalue weighted by Gasteiger charge is 2.14. The molecule has 0 unspecified atom stereocenters. The van der Waals surface area contributed by atoms with E-state index in [1.165, 1.54) is 32.1 Å². The van der Waals surface area contributed by atoms with Crippen LogP contribution in [0.3, 0.4) is 0 Å². The summed E-state index contributed by atoms with van der Waals surface area (Å²) < 4.78 is 0. The third kappa shape index (κ3) is 2.99. The van der Waals surface area contributed by atoms with Crippen molar-refractivity contribution in [2.45, 2.75) is 38.1 Å². The average molecular weight is 220 g/mol. The molecule has 1 aromatic heterocycles. The SMILES string of the molecule is S=C(NC1CCCCC1)c1ccccn1. The first-order chi connectivity index (χ1) is 7.36. The number of thiocarbonyl (C=S) groups is 1. The first-order valence-electron chi connectivity index (χ1n) is 5.58. The summed E-state index contributed by atoms with van der Waals surface area (Å²) in [5.74, 6) is 0. The number of aromatic nitrogens is 1. The molecule has 15 heavy (non-hydrogen) atoms. The molecule has 1 saturated carbocycles. The van der Waals surface area contributed by atoms with Crippen LogP contribution in [0, 0.1) is 0 Å². The third-order valence-electron chi connectivity index (χ3n) is 2.84. The van der Waals surface area contributed by atoms with Gasteiger partial charge in [0, 0.05) is 12.2 Å². The minimum absolute atomic E-state index is 0.563. The van der Waals surface area contributed by atoms with Crippen LogP contribution in [0.25, 0.3) is 0 Å². The second-order valence-corrected chi connectivity index (χ2v) is 4.43. The Bertz CT molecular complexity index is 318. The topological polar surface area (TPSA) is 24.9 Å². The molecule has 1 aliphatic rings.